The van der Waals surface area contributed by atoms with Gasteiger partial charge < -0.3 is 0 Å². The Morgan fingerprint density at radius 3 is 2.19 bits per heavy atom. The van der Waals surface area contributed by atoms with Crippen molar-refractivity contribution in [1.82, 2.24) is 10.6 Å². The Labute approximate surface area is 128 Å². The average molecular weight is 298 g/mol. The highest BCUT2D eigenvalue weighted by Gasteiger charge is 2.13. The van der Waals surface area contributed by atoms with Crippen molar-refractivity contribution < 1.29 is 9.59 Å². The lowest BCUT2D eigenvalue weighted by atomic mass is 10.1. The second kappa shape index (κ2) is 6.76. The summed E-state index contributed by atoms with van der Waals surface area (Å²) in [5.74, 6) is -0.457. The molecule has 0 aromatic heterocycles. The Morgan fingerprint density at radius 2 is 1.52 bits per heavy atom. The van der Waals surface area contributed by atoms with E-state index in [0.29, 0.717) is 11.1 Å². The first kappa shape index (κ1) is 14.9. The Bertz CT molecular complexity index is 684. The van der Waals surface area contributed by atoms with Gasteiger partial charge in [0.15, 0.2) is 0 Å². The molecule has 0 saturated heterocycles. The number of rotatable bonds is 2. The van der Waals surface area contributed by atoms with E-state index >= 15 is 0 Å². The third-order valence-electron chi connectivity index (χ3n) is 2.88. The summed E-state index contributed by atoms with van der Waals surface area (Å²) >= 11 is 5.11. The van der Waals surface area contributed by atoms with Gasteiger partial charge in [-0.25, -0.2) is 4.79 Å². The molecule has 106 valence electrons. The van der Waals surface area contributed by atoms with Crippen molar-refractivity contribution >= 4 is 29.1 Å². The molecule has 0 radical (unpaired) electrons. The van der Waals surface area contributed by atoms with Crippen molar-refractivity contribution in [2.45, 2.75) is 6.92 Å². The van der Waals surface area contributed by atoms with Crippen molar-refractivity contribution in [1.29, 1.82) is 0 Å². The van der Waals surface area contributed by atoms with Gasteiger partial charge >= 0.3 is 6.03 Å². The zero-order valence-corrected chi connectivity index (χ0v) is 12.2. The quantitative estimate of drug-likeness (QED) is 0.838. The van der Waals surface area contributed by atoms with Gasteiger partial charge in [-0.05, 0) is 18.6 Å². The van der Waals surface area contributed by atoms with Crippen LogP contribution in [-0.4, -0.2) is 16.9 Å². The normalized spacial score (nSPS) is 9.76. The number of carbonyl (C=O) groups excluding carboxylic acids is 2. The van der Waals surface area contributed by atoms with E-state index in [-0.39, 0.29) is 4.99 Å². The van der Waals surface area contributed by atoms with Crippen LogP contribution in [0.25, 0.3) is 0 Å². The number of carbonyl (C=O) groups is 2. The maximum Gasteiger partial charge on any atom is 0.326 e. The third kappa shape index (κ3) is 3.97. The number of amides is 3. The number of hydrogen-bond acceptors (Lipinski definition) is 3. The summed E-state index contributed by atoms with van der Waals surface area (Å²) in [6, 6.07) is 15.5. The molecule has 2 rings (SSSR count). The third-order valence-corrected chi connectivity index (χ3v) is 3.22. The number of nitrogens with one attached hydrogen (secondary N) is 2. The summed E-state index contributed by atoms with van der Waals surface area (Å²) in [7, 11) is 0. The van der Waals surface area contributed by atoms with Crippen LogP contribution >= 0.6 is 12.2 Å². The minimum atomic E-state index is -0.642. The molecule has 5 heteroatoms. The molecule has 0 heterocycles. The maximum absolute atomic E-state index is 12.0. The molecule has 0 unspecified atom stereocenters. The van der Waals surface area contributed by atoms with E-state index in [1.165, 1.54) is 0 Å². The van der Waals surface area contributed by atoms with E-state index < -0.39 is 11.9 Å². The number of thiocarbonyl (C=S) groups is 1. The molecule has 0 fully saturated rings. The highest BCUT2D eigenvalue weighted by Crippen LogP contribution is 2.06. The Kier molecular flexibility index (Phi) is 4.79. The summed E-state index contributed by atoms with van der Waals surface area (Å²) in [5, 5.41) is 4.74. The molecule has 2 N–H and O–H groups in total. The lowest BCUT2D eigenvalue weighted by molar-refractivity contribution is 0.0964. The van der Waals surface area contributed by atoms with Crippen molar-refractivity contribution in [3.63, 3.8) is 0 Å². The highest BCUT2D eigenvalue weighted by molar-refractivity contribution is 7.80. The second-order valence-corrected chi connectivity index (χ2v) is 4.83. The van der Waals surface area contributed by atoms with Gasteiger partial charge in [0.1, 0.15) is 4.99 Å². The van der Waals surface area contributed by atoms with E-state index in [0.717, 1.165) is 5.56 Å². The average Bonchev–Trinajstić information content (AvgIpc) is 2.48. The van der Waals surface area contributed by atoms with Crippen molar-refractivity contribution in [2.75, 3.05) is 0 Å². The fourth-order valence-electron chi connectivity index (χ4n) is 1.79. The first-order valence-electron chi connectivity index (χ1n) is 6.35. The van der Waals surface area contributed by atoms with Crippen LogP contribution in [0.1, 0.15) is 21.5 Å². The molecule has 0 spiro atoms. The Balaban J connectivity index is 1.98. The van der Waals surface area contributed by atoms with Gasteiger partial charge in [0.2, 0.25) is 0 Å². The van der Waals surface area contributed by atoms with E-state index in [9.17, 15) is 9.59 Å². The minimum absolute atomic E-state index is 0.269. The van der Waals surface area contributed by atoms with Crippen LogP contribution in [0.15, 0.2) is 54.6 Å². The lowest BCUT2D eigenvalue weighted by Gasteiger charge is -2.09. The second-order valence-electron chi connectivity index (χ2n) is 4.42. The summed E-state index contributed by atoms with van der Waals surface area (Å²) in [5.41, 5.74) is 1.97. The summed E-state index contributed by atoms with van der Waals surface area (Å²) in [6.07, 6.45) is 0. The fraction of sp³-hybridized carbons (Fsp3) is 0.0625. The predicted octanol–water partition coefficient (Wildman–Crippen LogP) is 2.81. The van der Waals surface area contributed by atoms with Gasteiger partial charge in [-0.1, -0.05) is 60.7 Å². The number of urea groups is 1. The van der Waals surface area contributed by atoms with Crippen molar-refractivity contribution in [3.8, 4) is 0 Å². The first-order chi connectivity index (χ1) is 10.1. The molecule has 0 bridgehead atoms. The van der Waals surface area contributed by atoms with Crippen LogP contribution in [-0.2, 0) is 0 Å². The van der Waals surface area contributed by atoms with E-state index in [1.54, 1.807) is 37.3 Å². The van der Waals surface area contributed by atoms with Crippen LogP contribution in [0.5, 0.6) is 0 Å². The van der Waals surface area contributed by atoms with Crippen LogP contribution in [0, 0.1) is 6.92 Å². The molecule has 0 atom stereocenters. The van der Waals surface area contributed by atoms with E-state index in [4.69, 9.17) is 12.2 Å². The van der Waals surface area contributed by atoms with Crippen molar-refractivity contribution in [2.24, 2.45) is 0 Å². The van der Waals surface area contributed by atoms with Crippen LogP contribution < -0.4 is 10.6 Å². The smallest absolute Gasteiger partial charge is 0.298 e. The van der Waals surface area contributed by atoms with E-state index in [1.807, 2.05) is 24.3 Å². The molecular weight excluding hydrogens is 284 g/mol. The SMILES string of the molecule is Cc1ccccc1C(=O)NC(=O)NC(=S)c1ccccc1. The lowest BCUT2D eigenvalue weighted by Crippen LogP contribution is -2.42. The summed E-state index contributed by atoms with van der Waals surface area (Å²) in [6.45, 7) is 1.81. The van der Waals surface area contributed by atoms with E-state index in [2.05, 4.69) is 10.6 Å². The van der Waals surface area contributed by atoms with Gasteiger partial charge in [-0.3, -0.25) is 15.4 Å². The number of benzene rings is 2. The van der Waals surface area contributed by atoms with Gasteiger partial charge in [0.05, 0.1) is 0 Å². The Morgan fingerprint density at radius 1 is 0.905 bits per heavy atom. The zero-order valence-electron chi connectivity index (χ0n) is 11.4. The summed E-state index contributed by atoms with van der Waals surface area (Å²) in [4.78, 5) is 24.0. The molecule has 0 aliphatic carbocycles. The van der Waals surface area contributed by atoms with Crippen LogP contribution in [0.2, 0.25) is 0 Å². The minimum Gasteiger partial charge on any atom is -0.298 e. The van der Waals surface area contributed by atoms with Gasteiger partial charge in [0, 0.05) is 11.1 Å². The monoisotopic (exact) mass is 298 g/mol. The topological polar surface area (TPSA) is 58.2 Å². The number of imide groups is 1. The highest BCUT2D eigenvalue weighted by atomic mass is 32.1. The van der Waals surface area contributed by atoms with Crippen LogP contribution in [0.3, 0.4) is 0 Å². The first-order valence-corrected chi connectivity index (χ1v) is 6.76. The molecule has 2 aromatic carbocycles. The number of aryl methyl sites for hydroxylation is 1. The van der Waals surface area contributed by atoms with Crippen molar-refractivity contribution in [3.05, 3.63) is 71.3 Å². The molecule has 3 amide bonds. The molecule has 21 heavy (non-hydrogen) atoms. The maximum atomic E-state index is 12.0. The van der Waals surface area contributed by atoms with Crippen LogP contribution in [0.4, 0.5) is 4.79 Å². The van der Waals surface area contributed by atoms with Gasteiger partial charge in [0.25, 0.3) is 5.91 Å². The molecule has 0 aliphatic rings. The fourth-order valence-corrected chi connectivity index (χ4v) is 2.02. The van der Waals surface area contributed by atoms with Gasteiger partial charge in [-0.15, -0.1) is 0 Å². The van der Waals surface area contributed by atoms with Gasteiger partial charge in [-0.2, -0.15) is 0 Å². The molecule has 2 aromatic rings. The number of hydrogen-bond donors (Lipinski definition) is 2. The molecule has 4 nitrogen and oxygen atoms in total. The molecule has 0 saturated carbocycles. The zero-order chi connectivity index (χ0) is 15.2. The largest absolute Gasteiger partial charge is 0.326 e. The molecular formula is C16H14N2O2S. The summed E-state index contributed by atoms with van der Waals surface area (Å²) < 4.78 is 0. The molecule has 0 aliphatic heterocycles. The Hall–Kier alpha value is -2.53. The predicted molar refractivity (Wildman–Crippen MR) is 85.3 cm³/mol. The standard InChI is InChI=1S/C16H14N2O2S/c1-11-7-5-6-10-13(11)14(19)17-16(20)18-15(21)12-8-3-2-4-9-12/h2-10H,1H3,(H2,17,18,19,20,21).